The molecule has 9 heteroatoms. The Balaban J connectivity index is 4.26. The second-order valence-corrected chi connectivity index (χ2v) is 19.0. The van der Waals surface area contributed by atoms with E-state index in [1.165, 1.54) is 173 Å². The molecule has 0 fully saturated rings. The summed E-state index contributed by atoms with van der Waals surface area (Å²) < 4.78 is 6.09. The van der Waals surface area contributed by atoms with Crippen molar-refractivity contribution in [2.45, 2.75) is 289 Å². The molecular formula is C57H104N2O7. The number of nitrogens with one attached hydrogen (secondary N) is 2. The molecule has 0 aromatic rings. The Morgan fingerprint density at radius 2 is 0.818 bits per heavy atom. The van der Waals surface area contributed by atoms with Gasteiger partial charge in [0.05, 0.1) is 13.2 Å². The van der Waals surface area contributed by atoms with Gasteiger partial charge in [-0.3, -0.25) is 14.4 Å². The van der Waals surface area contributed by atoms with Crippen molar-refractivity contribution in [3.63, 3.8) is 0 Å². The lowest BCUT2D eigenvalue weighted by Crippen LogP contribution is -2.47. The molecule has 0 aromatic heterocycles. The summed E-state index contributed by atoms with van der Waals surface area (Å²) in [5, 5.41) is 22.7. The maximum atomic E-state index is 12.9. The molecule has 0 aliphatic heterocycles. The van der Waals surface area contributed by atoms with Crippen molar-refractivity contribution in [3.8, 4) is 0 Å². The third kappa shape index (κ3) is 47.5. The van der Waals surface area contributed by atoms with Gasteiger partial charge in [0, 0.05) is 12.8 Å². The van der Waals surface area contributed by atoms with Crippen molar-refractivity contribution in [2.75, 3.05) is 13.2 Å². The van der Waals surface area contributed by atoms with E-state index in [1.54, 1.807) is 0 Å². The molecule has 2 unspecified atom stereocenters. The molecule has 2 atom stereocenters. The molecule has 0 saturated carbocycles. The van der Waals surface area contributed by atoms with Crippen molar-refractivity contribution in [3.05, 3.63) is 36.5 Å². The van der Waals surface area contributed by atoms with Crippen LogP contribution in [0, 0.1) is 0 Å². The highest BCUT2D eigenvalue weighted by Crippen LogP contribution is 2.20. The van der Waals surface area contributed by atoms with E-state index in [0.717, 1.165) is 70.6 Å². The average Bonchev–Trinajstić information content (AvgIpc) is 3.30. The quantitative estimate of drug-likeness (QED) is 0.0270. The highest BCUT2D eigenvalue weighted by atomic mass is 16.5. The molecule has 4 N–H and O–H groups in total. The van der Waals surface area contributed by atoms with Gasteiger partial charge < -0.3 is 25.6 Å². The standard InChI is InChI=1S/C57H104N2O7/c1-3-5-7-9-11-13-15-17-19-20-21-22-23-24-25-26-28-30-32-34-36-41-45-49-56(63)66-52(46-42-38-35-33-31-29-27-18-16-14-12-10-8-6-4-2)47-43-39-37-40-44-48-54(61)58-50-55(62)59-53(51-60)57(64)65/h15,17,20-21,23-24,52-53,60H,3-14,16,18-19,22,25-51H2,1-2H3,(H,58,61)(H,59,62)(H,64,65)/b17-15-,21-20-,24-23-. The summed E-state index contributed by atoms with van der Waals surface area (Å²) in [4.78, 5) is 47.9. The highest BCUT2D eigenvalue weighted by molar-refractivity contribution is 5.87. The van der Waals surface area contributed by atoms with E-state index < -0.39 is 24.5 Å². The molecule has 0 bridgehead atoms. The van der Waals surface area contributed by atoms with Crippen LogP contribution < -0.4 is 10.6 Å². The lowest BCUT2D eigenvalue weighted by Gasteiger charge is -2.18. The summed E-state index contributed by atoms with van der Waals surface area (Å²) >= 11 is 0. The van der Waals surface area contributed by atoms with Gasteiger partial charge in [-0.25, -0.2) is 4.79 Å². The summed E-state index contributed by atoms with van der Waals surface area (Å²) in [6, 6.07) is -1.38. The number of hydrogen-bond donors (Lipinski definition) is 4. The third-order valence-electron chi connectivity index (χ3n) is 12.6. The van der Waals surface area contributed by atoms with Crippen LogP contribution in [0.4, 0.5) is 0 Å². The number of aliphatic hydroxyl groups excluding tert-OH is 1. The zero-order chi connectivity index (χ0) is 48.2. The van der Waals surface area contributed by atoms with Gasteiger partial charge in [-0.2, -0.15) is 0 Å². The Hall–Kier alpha value is -2.94. The molecule has 0 aliphatic carbocycles. The molecule has 384 valence electrons. The van der Waals surface area contributed by atoms with Crippen LogP contribution in [-0.4, -0.2) is 59.3 Å². The highest BCUT2D eigenvalue weighted by Gasteiger charge is 2.19. The molecular weight excluding hydrogens is 825 g/mol. The van der Waals surface area contributed by atoms with E-state index in [1.807, 2.05) is 0 Å². The first-order valence-corrected chi connectivity index (χ1v) is 27.9. The predicted octanol–water partition coefficient (Wildman–Crippen LogP) is 15.3. The normalized spacial score (nSPS) is 12.7. The van der Waals surface area contributed by atoms with Crippen LogP contribution in [-0.2, 0) is 23.9 Å². The minimum Gasteiger partial charge on any atom is -0.480 e. The number of carbonyl (C=O) groups is 4. The number of carboxylic acid groups (broad SMARTS) is 1. The molecule has 0 aromatic carbocycles. The minimum atomic E-state index is -1.38. The fraction of sp³-hybridized carbons (Fsp3) is 0.825. The third-order valence-corrected chi connectivity index (χ3v) is 12.6. The number of esters is 1. The summed E-state index contributed by atoms with van der Waals surface area (Å²) in [6.45, 7) is 3.51. The number of ether oxygens (including phenoxy) is 1. The number of amides is 2. The number of rotatable bonds is 51. The van der Waals surface area contributed by atoms with Gasteiger partial charge in [0.1, 0.15) is 12.1 Å². The zero-order valence-electron chi connectivity index (χ0n) is 43.0. The number of hydrogen-bond acceptors (Lipinski definition) is 6. The molecule has 9 nitrogen and oxygen atoms in total. The van der Waals surface area contributed by atoms with Crippen LogP contribution in [0.15, 0.2) is 36.5 Å². The Kier molecular flexibility index (Phi) is 49.2. The summed E-state index contributed by atoms with van der Waals surface area (Å²) in [5.41, 5.74) is 0. The second kappa shape index (κ2) is 51.5. The fourth-order valence-electron chi connectivity index (χ4n) is 8.37. The Labute approximate surface area is 406 Å². The number of carbonyl (C=O) groups excluding carboxylic acids is 3. The number of allylic oxidation sites excluding steroid dienone is 6. The fourth-order valence-corrected chi connectivity index (χ4v) is 8.37. The first kappa shape index (κ1) is 63.1. The molecule has 0 rings (SSSR count). The Morgan fingerprint density at radius 3 is 1.23 bits per heavy atom. The molecule has 0 aliphatic rings. The topological polar surface area (TPSA) is 142 Å². The van der Waals surface area contributed by atoms with E-state index >= 15 is 0 Å². The molecule has 2 amide bonds. The first-order valence-electron chi connectivity index (χ1n) is 27.9. The van der Waals surface area contributed by atoms with E-state index in [9.17, 15) is 19.2 Å². The van der Waals surface area contributed by atoms with Gasteiger partial charge >= 0.3 is 11.9 Å². The molecule has 0 heterocycles. The van der Waals surface area contributed by atoms with E-state index in [-0.39, 0.29) is 24.5 Å². The lowest BCUT2D eigenvalue weighted by molar-refractivity contribution is -0.150. The van der Waals surface area contributed by atoms with Gasteiger partial charge in [-0.1, -0.05) is 224 Å². The van der Waals surface area contributed by atoms with Crippen LogP contribution in [0.1, 0.15) is 277 Å². The van der Waals surface area contributed by atoms with Crippen molar-refractivity contribution < 1.29 is 34.1 Å². The van der Waals surface area contributed by atoms with E-state index in [4.69, 9.17) is 14.9 Å². The van der Waals surface area contributed by atoms with E-state index in [0.29, 0.717) is 19.3 Å². The van der Waals surface area contributed by atoms with Crippen LogP contribution in [0.3, 0.4) is 0 Å². The Morgan fingerprint density at radius 1 is 0.455 bits per heavy atom. The van der Waals surface area contributed by atoms with Gasteiger partial charge in [0.15, 0.2) is 0 Å². The average molecular weight is 929 g/mol. The largest absolute Gasteiger partial charge is 0.480 e. The smallest absolute Gasteiger partial charge is 0.328 e. The van der Waals surface area contributed by atoms with Crippen molar-refractivity contribution in [2.24, 2.45) is 0 Å². The van der Waals surface area contributed by atoms with Gasteiger partial charge in [-0.15, -0.1) is 0 Å². The van der Waals surface area contributed by atoms with Crippen LogP contribution in [0.25, 0.3) is 0 Å². The van der Waals surface area contributed by atoms with Gasteiger partial charge in [0.25, 0.3) is 0 Å². The van der Waals surface area contributed by atoms with Gasteiger partial charge in [0.2, 0.25) is 11.8 Å². The Bertz CT molecular complexity index is 1200. The van der Waals surface area contributed by atoms with Crippen LogP contribution in [0.2, 0.25) is 0 Å². The van der Waals surface area contributed by atoms with Gasteiger partial charge in [-0.05, 0) is 77.0 Å². The predicted molar refractivity (Wildman–Crippen MR) is 278 cm³/mol. The molecule has 66 heavy (non-hydrogen) atoms. The molecule has 0 spiro atoms. The maximum Gasteiger partial charge on any atom is 0.328 e. The molecule has 0 saturated heterocycles. The SMILES string of the molecule is CCCCCCC/C=C\C/C=C\C/C=C\CCCCCCCCCCC(=O)OC(CCCCCCCCCCCCCCCCC)CCCCCCCC(=O)NCC(=O)NC(CO)C(=O)O. The molecule has 0 radical (unpaired) electrons. The zero-order valence-corrected chi connectivity index (χ0v) is 43.0. The second-order valence-electron chi connectivity index (χ2n) is 19.0. The van der Waals surface area contributed by atoms with E-state index in [2.05, 4.69) is 60.9 Å². The summed E-state index contributed by atoms with van der Waals surface area (Å²) in [6.07, 6.45) is 61.8. The number of unbranched alkanes of at least 4 members (excludes halogenated alkanes) is 31. The lowest BCUT2D eigenvalue weighted by atomic mass is 10.0. The van der Waals surface area contributed by atoms with Crippen molar-refractivity contribution in [1.82, 2.24) is 10.6 Å². The maximum absolute atomic E-state index is 12.9. The summed E-state index contributed by atoms with van der Waals surface area (Å²) in [5.74, 6) is -2.28. The van der Waals surface area contributed by atoms with Crippen molar-refractivity contribution >= 4 is 23.8 Å². The monoisotopic (exact) mass is 929 g/mol. The first-order chi connectivity index (χ1) is 32.3. The van der Waals surface area contributed by atoms with Crippen LogP contribution >= 0.6 is 0 Å². The number of aliphatic carboxylic acids is 1. The number of aliphatic hydroxyl groups is 1. The number of carboxylic acids is 1. The minimum absolute atomic E-state index is 0.0174. The van der Waals surface area contributed by atoms with Crippen LogP contribution in [0.5, 0.6) is 0 Å². The van der Waals surface area contributed by atoms with Crippen molar-refractivity contribution in [1.29, 1.82) is 0 Å². The summed E-state index contributed by atoms with van der Waals surface area (Å²) in [7, 11) is 0.